The first kappa shape index (κ1) is 25.8. The zero-order valence-electron chi connectivity index (χ0n) is 22.2. The van der Waals surface area contributed by atoms with Gasteiger partial charge in [-0.1, -0.05) is 19.2 Å². The van der Waals surface area contributed by atoms with Gasteiger partial charge in [-0.05, 0) is 80.7 Å². The fourth-order valence-corrected chi connectivity index (χ4v) is 4.41. The van der Waals surface area contributed by atoms with E-state index in [1.54, 1.807) is 24.5 Å². The van der Waals surface area contributed by atoms with Crippen LogP contribution in [-0.2, 0) is 0 Å². The summed E-state index contributed by atoms with van der Waals surface area (Å²) in [6.45, 7) is 11.1. The molecule has 0 aliphatic heterocycles. The molecule has 0 aliphatic rings. The highest BCUT2D eigenvalue weighted by Gasteiger charge is 2.12. The Hall–Kier alpha value is -4.82. The van der Waals surface area contributed by atoms with E-state index in [2.05, 4.69) is 48.5 Å². The number of nitrogens with zero attached hydrogens (tertiary/aromatic N) is 4. The Labute approximate surface area is 226 Å². The number of benzene rings is 1. The van der Waals surface area contributed by atoms with Crippen LogP contribution < -0.4 is 15.9 Å². The number of H-pyrrole nitrogens is 2. The van der Waals surface area contributed by atoms with Gasteiger partial charge in [0.2, 0.25) is 0 Å². The number of nitrogens with one attached hydrogen (secondary N) is 3. The number of allylic oxidation sites excluding steroid dienone is 2. The molecule has 0 fully saturated rings. The predicted molar refractivity (Wildman–Crippen MR) is 158 cm³/mol. The van der Waals surface area contributed by atoms with Crippen molar-refractivity contribution in [2.45, 2.75) is 6.92 Å². The third-order valence-corrected chi connectivity index (χ3v) is 6.34. The SMILES string of the molecule is C=C(CN(C)C)Nc1cncc(/C(C)=C/C=c2/[nH]nc(-c3cc4c(-c5ccc(F)cc5)nccc4[nH]3)c2=C)c1. The van der Waals surface area contributed by atoms with Crippen LogP contribution in [0, 0.1) is 5.82 Å². The zero-order valence-corrected chi connectivity index (χ0v) is 22.2. The first-order chi connectivity index (χ1) is 18.8. The lowest BCUT2D eigenvalue weighted by molar-refractivity contribution is 0.447. The standard InChI is InChI=1S/C31H30FN7/c1-19(23-14-25(17-33-16-23)35-20(2)18-39(4)5)6-11-27-21(3)30(38-37-27)29-15-26-28(36-29)12-13-34-31(26)22-7-9-24(32)10-8-22/h6-17,35-37H,2-3,18H2,1,4-5H3/b19-6+,27-11+. The van der Waals surface area contributed by atoms with Crippen LogP contribution in [0.15, 0.2) is 79.4 Å². The quantitative estimate of drug-likeness (QED) is 0.271. The maximum atomic E-state index is 13.4. The number of fused-ring (bicyclic) bond motifs is 1. The van der Waals surface area contributed by atoms with Gasteiger partial charge in [0.25, 0.3) is 0 Å². The molecular weight excluding hydrogens is 489 g/mol. The van der Waals surface area contributed by atoms with E-state index in [1.165, 1.54) is 12.1 Å². The first-order valence-electron chi connectivity index (χ1n) is 12.5. The number of aromatic nitrogens is 5. The van der Waals surface area contributed by atoms with Crippen molar-refractivity contribution in [2.75, 3.05) is 26.0 Å². The Morgan fingerprint density at radius 1 is 1.10 bits per heavy atom. The van der Waals surface area contributed by atoms with Gasteiger partial charge in [0, 0.05) is 46.3 Å². The highest BCUT2D eigenvalue weighted by molar-refractivity contribution is 5.95. The van der Waals surface area contributed by atoms with Gasteiger partial charge in [0.15, 0.2) is 0 Å². The van der Waals surface area contributed by atoms with Crippen LogP contribution in [0.3, 0.4) is 0 Å². The molecule has 0 amide bonds. The summed E-state index contributed by atoms with van der Waals surface area (Å²) in [5.74, 6) is -0.279. The molecule has 196 valence electrons. The molecule has 5 rings (SSSR count). The van der Waals surface area contributed by atoms with Crippen molar-refractivity contribution in [3.63, 3.8) is 0 Å². The zero-order chi connectivity index (χ0) is 27.5. The van der Waals surface area contributed by atoms with Crippen molar-refractivity contribution in [3.05, 3.63) is 101 Å². The topological polar surface area (TPSA) is 85.5 Å². The summed E-state index contributed by atoms with van der Waals surface area (Å²) in [5.41, 5.74) is 7.91. The van der Waals surface area contributed by atoms with Gasteiger partial charge in [0.05, 0.1) is 28.6 Å². The van der Waals surface area contributed by atoms with Crippen LogP contribution in [0.4, 0.5) is 10.1 Å². The average molecular weight is 520 g/mol. The van der Waals surface area contributed by atoms with E-state index in [1.807, 2.05) is 57.6 Å². The Balaban J connectivity index is 1.42. The minimum atomic E-state index is -0.279. The van der Waals surface area contributed by atoms with Crippen LogP contribution in [0.25, 0.3) is 51.8 Å². The first-order valence-corrected chi connectivity index (χ1v) is 12.5. The van der Waals surface area contributed by atoms with E-state index in [0.717, 1.165) is 73.2 Å². The molecule has 0 bridgehead atoms. The van der Waals surface area contributed by atoms with Crippen molar-refractivity contribution < 1.29 is 4.39 Å². The second-order valence-electron chi connectivity index (χ2n) is 9.72. The van der Waals surface area contributed by atoms with Crippen LogP contribution in [0.2, 0.25) is 0 Å². The fraction of sp³-hybridized carbons (Fsp3) is 0.129. The number of hydrogen-bond donors (Lipinski definition) is 3. The molecular formula is C31H30FN7. The normalized spacial score (nSPS) is 12.4. The van der Waals surface area contributed by atoms with Crippen molar-refractivity contribution in [3.8, 4) is 22.6 Å². The minimum Gasteiger partial charge on any atom is -0.357 e. The summed E-state index contributed by atoms with van der Waals surface area (Å²) in [6, 6.07) is 12.3. The van der Waals surface area contributed by atoms with Crippen molar-refractivity contribution in [1.29, 1.82) is 0 Å². The molecule has 5 aromatic rings. The maximum absolute atomic E-state index is 13.4. The molecule has 0 radical (unpaired) electrons. The van der Waals surface area contributed by atoms with E-state index in [0.29, 0.717) is 0 Å². The summed E-state index contributed by atoms with van der Waals surface area (Å²) >= 11 is 0. The van der Waals surface area contributed by atoms with E-state index in [4.69, 9.17) is 0 Å². The molecule has 0 saturated carbocycles. The Kier molecular flexibility index (Phi) is 7.21. The smallest absolute Gasteiger partial charge is 0.123 e. The minimum absolute atomic E-state index is 0.279. The van der Waals surface area contributed by atoms with Gasteiger partial charge in [0.1, 0.15) is 11.5 Å². The summed E-state index contributed by atoms with van der Waals surface area (Å²) in [6.07, 6.45) is 9.34. The Bertz CT molecular complexity index is 1790. The third kappa shape index (κ3) is 5.71. The average Bonchev–Trinajstić information content (AvgIpc) is 3.50. The van der Waals surface area contributed by atoms with Crippen LogP contribution in [0.5, 0.6) is 0 Å². The molecule has 3 N–H and O–H groups in total. The predicted octanol–water partition coefficient (Wildman–Crippen LogP) is 4.94. The number of hydrogen-bond acceptors (Lipinski definition) is 5. The lowest BCUT2D eigenvalue weighted by atomic mass is 10.1. The van der Waals surface area contributed by atoms with Gasteiger partial charge in [-0.15, -0.1) is 0 Å². The van der Waals surface area contributed by atoms with E-state index < -0.39 is 0 Å². The van der Waals surface area contributed by atoms with E-state index in [-0.39, 0.29) is 5.82 Å². The molecule has 7 nitrogen and oxygen atoms in total. The largest absolute Gasteiger partial charge is 0.357 e. The van der Waals surface area contributed by atoms with Gasteiger partial charge in [-0.3, -0.25) is 15.1 Å². The summed E-state index contributed by atoms with van der Waals surface area (Å²) in [7, 11) is 4.01. The highest BCUT2D eigenvalue weighted by atomic mass is 19.1. The second-order valence-corrected chi connectivity index (χ2v) is 9.72. The number of pyridine rings is 2. The molecule has 0 atom stereocenters. The van der Waals surface area contributed by atoms with Crippen LogP contribution in [0.1, 0.15) is 12.5 Å². The van der Waals surface area contributed by atoms with Gasteiger partial charge in [-0.25, -0.2) is 4.39 Å². The Morgan fingerprint density at radius 2 is 1.90 bits per heavy atom. The lowest BCUT2D eigenvalue weighted by Crippen LogP contribution is -2.21. The second kappa shape index (κ2) is 10.9. The molecule has 0 saturated heterocycles. The molecule has 0 unspecified atom stereocenters. The lowest BCUT2D eigenvalue weighted by Gasteiger charge is -2.14. The van der Waals surface area contributed by atoms with E-state index >= 15 is 0 Å². The molecule has 39 heavy (non-hydrogen) atoms. The van der Waals surface area contributed by atoms with E-state index in [9.17, 15) is 4.39 Å². The summed E-state index contributed by atoms with van der Waals surface area (Å²) in [4.78, 5) is 14.4. The molecule has 4 heterocycles. The number of halogens is 1. The summed E-state index contributed by atoms with van der Waals surface area (Å²) in [5, 5.41) is 13.5. The Morgan fingerprint density at radius 3 is 2.67 bits per heavy atom. The van der Waals surface area contributed by atoms with Crippen molar-refractivity contribution in [1.82, 2.24) is 30.0 Å². The van der Waals surface area contributed by atoms with Crippen LogP contribution >= 0.6 is 0 Å². The van der Waals surface area contributed by atoms with Crippen molar-refractivity contribution in [2.24, 2.45) is 0 Å². The van der Waals surface area contributed by atoms with Gasteiger partial charge in [-0.2, -0.15) is 5.10 Å². The molecule has 0 spiro atoms. The van der Waals surface area contributed by atoms with Gasteiger partial charge >= 0.3 is 0 Å². The molecule has 0 aliphatic carbocycles. The number of rotatable bonds is 8. The van der Waals surface area contributed by atoms with Crippen molar-refractivity contribution >= 4 is 34.8 Å². The number of likely N-dealkylation sites (N-methyl/N-ethyl adjacent to an activating group) is 1. The van der Waals surface area contributed by atoms with Gasteiger partial charge < -0.3 is 15.2 Å². The molecule has 8 heteroatoms. The molecule has 4 aromatic heterocycles. The number of aromatic amines is 2. The molecule has 1 aromatic carbocycles. The summed E-state index contributed by atoms with van der Waals surface area (Å²) < 4.78 is 13.4. The monoisotopic (exact) mass is 519 g/mol. The fourth-order valence-electron chi connectivity index (χ4n) is 4.41. The maximum Gasteiger partial charge on any atom is 0.123 e. The number of anilines is 1. The highest BCUT2D eigenvalue weighted by Crippen LogP contribution is 2.29. The van der Waals surface area contributed by atoms with Crippen LogP contribution in [-0.4, -0.2) is 50.7 Å². The third-order valence-electron chi connectivity index (χ3n) is 6.34.